The predicted octanol–water partition coefficient (Wildman–Crippen LogP) is 1.65. The molecule has 2 atom stereocenters. The Labute approximate surface area is 90.5 Å². The minimum atomic E-state index is -0.422. The summed E-state index contributed by atoms with van der Waals surface area (Å²) < 4.78 is 0. The lowest BCUT2D eigenvalue weighted by molar-refractivity contribution is 0.131. The van der Waals surface area contributed by atoms with E-state index in [1.165, 1.54) is 0 Å². The Balaban J connectivity index is 2.07. The van der Waals surface area contributed by atoms with Gasteiger partial charge in [-0.2, -0.15) is 0 Å². The average Bonchev–Trinajstić information content (AvgIpc) is 2.59. The second-order valence-corrected chi connectivity index (χ2v) is 4.90. The third-order valence-electron chi connectivity index (χ3n) is 3.09. The zero-order chi connectivity index (χ0) is 10.9. The van der Waals surface area contributed by atoms with Crippen molar-refractivity contribution in [2.75, 3.05) is 0 Å². The molecular weight excluding hydrogens is 188 g/mol. The molecule has 3 nitrogen and oxygen atoms in total. The van der Waals surface area contributed by atoms with Crippen LogP contribution in [0.5, 0.6) is 0 Å². The number of rotatable bonds is 2. The van der Waals surface area contributed by atoms with Crippen molar-refractivity contribution < 1.29 is 5.11 Å². The van der Waals surface area contributed by atoms with Crippen LogP contribution in [-0.4, -0.2) is 21.7 Å². The number of aliphatic hydroxyl groups excluding tert-OH is 1. The fourth-order valence-corrected chi connectivity index (χ4v) is 2.19. The first kappa shape index (κ1) is 10.6. The summed E-state index contributed by atoms with van der Waals surface area (Å²) in [5, 5.41) is 13.6. The van der Waals surface area contributed by atoms with Crippen molar-refractivity contribution in [2.24, 2.45) is 0 Å². The van der Waals surface area contributed by atoms with Crippen molar-refractivity contribution in [3.8, 4) is 0 Å². The summed E-state index contributed by atoms with van der Waals surface area (Å²) in [7, 11) is 0. The Morgan fingerprint density at radius 3 is 2.67 bits per heavy atom. The van der Waals surface area contributed by atoms with Crippen LogP contribution in [0, 0.1) is 0 Å². The van der Waals surface area contributed by atoms with Gasteiger partial charge in [0.15, 0.2) is 0 Å². The summed E-state index contributed by atoms with van der Waals surface area (Å²) >= 11 is 0. The Kier molecular flexibility index (Phi) is 2.76. The first-order chi connectivity index (χ1) is 7.08. The molecule has 2 N–H and O–H groups in total. The summed E-state index contributed by atoms with van der Waals surface area (Å²) in [6.45, 7) is 4.35. The minimum absolute atomic E-state index is 0.151. The third-order valence-corrected chi connectivity index (χ3v) is 3.09. The van der Waals surface area contributed by atoms with E-state index in [1.54, 1.807) is 12.4 Å². The first-order valence-electron chi connectivity index (χ1n) is 5.44. The summed E-state index contributed by atoms with van der Waals surface area (Å²) in [4.78, 5) is 3.95. The molecule has 3 heteroatoms. The Morgan fingerprint density at radius 1 is 1.47 bits per heavy atom. The van der Waals surface area contributed by atoms with Crippen molar-refractivity contribution in [2.45, 2.75) is 44.4 Å². The van der Waals surface area contributed by atoms with Gasteiger partial charge in [0.2, 0.25) is 0 Å². The molecule has 0 unspecified atom stereocenters. The second-order valence-electron chi connectivity index (χ2n) is 4.90. The quantitative estimate of drug-likeness (QED) is 0.773. The average molecular weight is 206 g/mol. The lowest BCUT2D eigenvalue weighted by Crippen LogP contribution is -2.40. The number of nitrogens with zero attached hydrogens (tertiary/aromatic N) is 1. The van der Waals surface area contributed by atoms with E-state index in [4.69, 9.17) is 0 Å². The molecule has 1 aliphatic heterocycles. The van der Waals surface area contributed by atoms with Gasteiger partial charge in [-0.25, -0.2) is 0 Å². The SMILES string of the molecule is CC1(C)CC[C@@H]([C@H](O)c2ccncc2)N1. The van der Waals surface area contributed by atoms with E-state index in [-0.39, 0.29) is 11.6 Å². The van der Waals surface area contributed by atoms with Gasteiger partial charge in [-0.1, -0.05) is 0 Å². The number of hydrogen-bond acceptors (Lipinski definition) is 3. The van der Waals surface area contributed by atoms with E-state index in [9.17, 15) is 5.11 Å². The van der Waals surface area contributed by atoms with Crippen LogP contribution in [0.3, 0.4) is 0 Å². The van der Waals surface area contributed by atoms with Gasteiger partial charge in [0.25, 0.3) is 0 Å². The maximum atomic E-state index is 10.2. The van der Waals surface area contributed by atoms with Gasteiger partial charge in [-0.15, -0.1) is 0 Å². The molecule has 0 aliphatic carbocycles. The van der Waals surface area contributed by atoms with E-state index < -0.39 is 6.10 Å². The summed E-state index contributed by atoms with van der Waals surface area (Å²) in [5.74, 6) is 0. The lowest BCUT2D eigenvalue weighted by Gasteiger charge is -2.23. The van der Waals surface area contributed by atoms with Crippen molar-refractivity contribution >= 4 is 0 Å². The molecule has 0 spiro atoms. The highest BCUT2D eigenvalue weighted by Gasteiger charge is 2.34. The van der Waals surface area contributed by atoms with Crippen LogP contribution in [-0.2, 0) is 0 Å². The molecule has 1 aromatic rings. The molecule has 1 saturated heterocycles. The predicted molar refractivity (Wildman–Crippen MR) is 59.4 cm³/mol. The van der Waals surface area contributed by atoms with Gasteiger partial charge < -0.3 is 10.4 Å². The van der Waals surface area contributed by atoms with E-state index in [0.29, 0.717) is 0 Å². The summed E-state index contributed by atoms with van der Waals surface area (Å²) in [6.07, 6.45) is 5.16. The molecule has 82 valence electrons. The minimum Gasteiger partial charge on any atom is -0.387 e. The topological polar surface area (TPSA) is 45.2 Å². The van der Waals surface area contributed by atoms with Crippen molar-refractivity contribution in [3.05, 3.63) is 30.1 Å². The highest BCUT2D eigenvalue weighted by Crippen LogP contribution is 2.29. The molecule has 1 aromatic heterocycles. The van der Waals surface area contributed by atoms with Crippen LogP contribution in [0.15, 0.2) is 24.5 Å². The summed E-state index contributed by atoms with van der Waals surface area (Å²) in [6, 6.07) is 3.91. The molecule has 2 heterocycles. The van der Waals surface area contributed by atoms with Crippen LogP contribution in [0.4, 0.5) is 0 Å². The van der Waals surface area contributed by atoms with E-state index in [1.807, 2.05) is 12.1 Å². The zero-order valence-corrected chi connectivity index (χ0v) is 9.27. The molecule has 0 amide bonds. The van der Waals surface area contributed by atoms with Crippen molar-refractivity contribution in [1.29, 1.82) is 0 Å². The molecule has 0 saturated carbocycles. The molecule has 15 heavy (non-hydrogen) atoms. The molecular formula is C12H18N2O. The lowest BCUT2D eigenvalue weighted by atomic mass is 10.0. The Morgan fingerprint density at radius 2 is 2.13 bits per heavy atom. The van der Waals surface area contributed by atoms with E-state index in [2.05, 4.69) is 24.1 Å². The number of nitrogens with one attached hydrogen (secondary N) is 1. The smallest absolute Gasteiger partial charge is 0.0944 e. The Hall–Kier alpha value is -0.930. The van der Waals surface area contributed by atoms with Crippen LogP contribution < -0.4 is 5.32 Å². The van der Waals surface area contributed by atoms with Gasteiger partial charge in [0.05, 0.1) is 6.10 Å². The molecule has 0 radical (unpaired) electrons. The number of aliphatic hydroxyl groups is 1. The van der Waals surface area contributed by atoms with Gasteiger partial charge in [0.1, 0.15) is 0 Å². The first-order valence-corrected chi connectivity index (χ1v) is 5.44. The largest absolute Gasteiger partial charge is 0.387 e. The fourth-order valence-electron chi connectivity index (χ4n) is 2.19. The maximum absolute atomic E-state index is 10.2. The van der Waals surface area contributed by atoms with Gasteiger partial charge in [-0.05, 0) is 44.4 Å². The fraction of sp³-hybridized carbons (Fsp3) is 0.583. The van der Waals surface area contributed by atoms with Crippen molar-refractivity contribution in [1.82, 2.24) is 10.3 Å². The number of pyridine rings is 1. The highest BCUT2D eigenvalue weighted by molar-refractivity contribution is 5.16. The van der Waals surface area contributed by atoms with Gasteiger partial charge >= 0.3 is 0 Å². The third kappa shape index (κ3) is 2.36. The Bertz CT molecular complexity index is 324. The van der Waals surface area contributed by atoms with Gasteiger partial charge in [-0.3, -0.25) is 4.98 Å². The zero-order valence-electron chi connectivity index (χ0n) is 9.27. The second kappa shape index (κ2) is 3.91. The van der Waals surface area contributed by atoms with Crippen LogP contribution in [0.2, 0.25) is 0 Å². The molecule has 2 rings (SSSR count). The molecule has 1 fully saturated rings. The van der Waals surface area contributed by atoms with Crippen LogP contribution in [0.25, 0.3) is 0 Å². The molecule has 1 aliphatic rings. The number of aromatic nitrogens is 1. The van der Waals surface area contributed by atoms with Crippen molar-refractivity contribution in [3.63, 3.8) is 0 Å². The van der Waals surface area contributed by atoms with E-state index >= 15 is 0 Å². The van der Waals surface area contributed by atoms with E-state index in [0.717, 1.165) is 18.4 Å². The maximum Gasteiger partial charge on any atom is 0.0944 e. The molecule has 0 aromatic carbocycles. The highest BCUT2D eigenvalue weighted by atomic mass is 16.3. The van der Waals surface area contributed by atoms with Crippen LogP contribution >= 0.6 is 0 Å². The van der Waals surface area contributed by atoms with Crippen LogP contribution in [0.1, 0.15) is 38.4 Å². The van der Waals surface area contributed by atoms with Gasteiger partial charge in [0, 0.05) is 24.0 Å². The normalized spacial score (nSPS) is 26.5. The number of hydrogen-bond donors (Lipinski definition) is 2. The molecule has 0 bridgehead atoms. The summed E-state index contributed by atoms with van der Waals surface area (Å²) in [5.41, 5.74) is 1.10. The standard InChI is InChI=1S/C12H18N2O/c1-12(2)6-3-10(14-12)11(15)9-4-7-13-8-5-9/h4-5,7-8,10-11,14-15H,3,6H2,1-2H3/t10-,11+/m0/s1. The monoisotopic (exact) mass is 206 g/mol.